The molecule has 25 heavy (non-hydrogen) atoms. The second-order valence-electron chi connectivity index (χ2n) is 9.73. The quantitative estimate of drug-likeness (QED) is 0.649. The third-order valence-electron chi connectivity index (χ3n) is 9.20. The Hall–Kier alpha value is -0.750. The van der Waals surface area contributed by atoms with Gasteiger partial charge >= 0.3 is 0 Å². The van der Waals surface area contributed by atoms with Gasteiger partial charge in [0.25, 0.3) is 0 Å². The van der Waals surface area contributed by atoms with Crippen molar-refractivity contribution in [2.45, 2.75) is 63.6 Å². The molecule has 0 aromatic rings. The zero-order valence-corrected chi connectivity index (χ0v) is 14.6. The van der Waals surface area contributed by atoms with Crippen LogP contribution in [-0.4, -0.2) is 47.2 Å². The lowest BCUT2D eigenvalue weighted by Gasteiger charge is -2.75. The van der Waals surface area contributed by atoms with Crippen LogP contribution in [0, 0.1) is 34.0 Å². The Morgan fingerprint density at radius 3 is 2.80 bits per heavy atom. The van der Waals surface area contributed by atoms with Crippen molar-refractivity contribution in [1.29, 1.82) is 0 Å². The molecule has 3 heterocycles. The lowest BCUT2D eigenvalue weighted by molar-refractivity contribution is -0.440. The SMILES string of the molecule is C=C1C(=O)C23C4CC5C6(C)CCC(O)C5(C(OC6)O4)C2CCC1C3O. The molecule has 7 rings (SSSR count). The van der Waals surface area contributed by atoms with Crippen LogP contribution in [0.4, 0.5) is 0 Å². The molecule has 10 unspecified atom stereocenters. The Morgan fingerprint density at radius 1 is 1.20 bits per heavy atom. The molecule has 3 saturated heterocycles. The first-order valence-corrected chi connectivity index (χ1v) is 9.75. The fourth-order valence-electron chi connectivity index (χ4n) is 8.25. The molecule has 136 valence electrons. The fourth-order valence-corrected chi connectivity index (χ4v) is 8.25. The third kappa shape index (κ3) is 1.29. The number of rotatable bonds is 0. The Morgan fingerprint density at radius 2 is 2.00 bits per heavy atom. The van der Waals surface area contributed by atoms with Gasteiger partial charge in [-0.2, -0.15) is 0 Å². The van der Waals surface area contributed by atoms with Crippen molar-refractivity contribution in [2.24, 2.45) is 34.0 Å². The summed E-state index contributed by atoms with van der Waals surface area (Å²) in [5, 5.41) is 22.4. The van der Waals surface area contributed by atoms with Gasteiger partial charge in [0, 0.05) is 5.92 Å². The number of ketones is 1. The summed E-state index contributed by atoms with van der Waals surface area (Å²) in [5.74, 6) is 0.0718. The first-order chi connectivity index (χ1) is 11.9. The van der Waals surface area contributed by atoms with Crippen LogP contribution in [0.5, 0.6) is 0 Å². The Labute approximate surface area is 147 Å². The number of carbonyl (C=O) groups excluding carboxylic acids is 1. The highest BCUT2D eigenvalue weighted by atomic mass is 16.7. The topological polar surface area (TPSA) is 76.0 Å². The molecule has 0 aromatic heterocycles. The number of ether oxygens (including phenoxy) is 2. The van der Waals surface area contributed by atoms with Crippen molar-refractivity contribution in [1.82, 2.24) is 0 Å². The van der Waals surface area contributed by atoms with Crippen LogP contribution in [0.15, 0.2) is 12.2 Å². The van der Waals surface area contributed by atoms with Gasteiger partial charge in [0.15, 0.2) is 12.1 Å². The van der Waals surface area contributed by atoms with Crippen molar-refractivity contribution >= 4 is 5.78 Å². The summed E-state index contributed by atoms with van der Waals surface area (Å²) in [5.41, 5.74) is -0.874. The molecule has 0 radical (unpaired) electrons. The molecule has 5 nitrogen and oxygen atoms in total. The molecule has 10 atom stereocenters. The van der Waals surface area contributed by atoms with Gasteiger partial charge in [-0.3, -0.25) is 4.79 Å². The number of aliphatic hydroxyl groups excluding tert-OH is 2. The summed E-state index contributed by atoms with van der Waals surface area (Å²) in [6, 6.07) is 0. The number of carbonyl (C=O) groups is 1. The molecule has 3 aliphatic heterocycles. The molecule has 2 spiro atoms. The van der Waals surface area contributed by atoms with Gasteiger partial charge < -0.3 is 19.7 Å². The molecular weight excluding hydrogens is 320 g/mol. The van der Waals surface area contributed by atoms with Crippen LogP contribution in [0.1, 0.15) is 39.0 Å². The Kier molecular flexibility index (Phi) is 2.58. The van der Waals surface area contributed by atoms with E-state index in [0.29, 0.717) is 18.1 Å². The van der Waals surface area contributed by atoms with Gasteiger partial charge in [0.2, 0.25) is 0 Å². The number of aliphatic hydroxyl groups is 2. The van der Waals surface area contributed by atoms with Crippen LogP contribution >= 0.6 is 0 Å². The van der Waals surface area contributed by atoms with Gasteiger partial charge in [-0.05, 0) is 54.9 Å². The number of hydrogen-bond donors (Lipinski definition) is 2. The maximum absolute atomic E-state index is 13.3. The standard InChI is InChI=1S/C20H26O5/c1-9-10-3-4-11-19-12-7-14(20(11,15(9)22)16(10)23)25-17(19)24-8-18(12,2)6-5-13(19)21/h10-14,16-17,21,23H,1,3-8H2,2H3. The minimum absolute atomic E-state index is 0.00572. The van der Waals surface area contributed by atoms with Crippen molar-refractivity contribution in [3.63, 3.8) is 0 Å². The average Bonchev–Trinajstić information content (AvgIpc) is 2.71. The van der Waals surface area contributed by atoms with Crippen molar-refractivity contribution in [3.8, 4) is 0 Å². The number of hydrogen-bond acceptors (Lipinski definition) is 5. The second kappa shape index (κ2) is 4.22. The first-order valence-electron chi connectivity index (χ1n) is 9.75. The molecule has 4 aliphatic carbocycles. The zero-order valence-electron chi connectivity index (χ0n) is 14.6. The van der Waals surface area contributed by atoms with Crippen molar-refractivity contribution in [3.05, 3.63) is 12.2 Å². The predicted molar refractivity (Wildman–Crippen MR) is 87.3 cm³/mol. The number of Topliss-reactive ketones (excluding diaryl/α,β-unsaturated/α-hetero) is 1. The molecule has 7 bridgehead atoms. The van der Waals surface area contributed by atoms with E-state index in [0.717, 1.165) is 32.1 Å². The van der Waals surface area contributed by atoms with Crippen LogP contribution < -0.4 is 0 Å². The van der Waals surface area contributed by atoms with E-state index in [9.17, 15) is 15.0 Å². The fraction of sp³-hybridized carbons (Fsp3) is 0.850. The van der Waals surface area contributed by atoms with Gasteiger partial charge in [-0.25, -0.2) is 0 Å². The summed E-state index contributed by atoms with van der Waals surface area (Å²) in [4.78, 5) is 13.3. The molecule has 0 amide bonds. The summed E-state index contributed by atoms with van der Waals surface area (Å²) in [6.07, 6.45) is 2.01. The largest absolute Gasteiger partial charge is 0.392 e. The number of fused-ring (bicyclic) bond motifs is 1. The van der Waals surface area contributed by atoms with E-state index in [-0.39, 0.29) is 29.1 Å². The van der Waals surface area contributed by atoms with Gasteiger partial charge in [0.05, 0.1) is 35.7 Å². The molecule has 2 N–H and O–H groups in total. The average molecular weight is 346 g/mol. The highest BCUT2D eigenvalue weighted by molar-refractivity contribution is 6.04. The summed E-state index contributed by atoms with van der Waals surface area (Å²) in [7, 11) is 0. The van der Waals surface area contributed by atoms with Crippen LogP contribution in [0.2, 0.25) is 0 Å². The molecule has 5 heteroatoms. The Balaban J connectivity index is 1.61. The van der Waals surface area contributed by atoms with Crippen molar-refractivity contribution < 1.29 is 24.5 Å². The summed E-state index contributed by atoms with van der Waals surface area (Å²) >= 11 is 0. The first kappa shape index (κ1) is 15.3. The second-order valence-corrected chi connectivity index (χ2v) is 9.73. The highest BCUT2D eigenvalue weighted by Crippen LogP contribution is 2.77. The monoisotopic (exact) mass is 346 g/mol. The van der Waals surface area contributed by atoms with Crippen molar-refractivity contribution in [2.75, 3.05) is 6.61 Å². The smallest absolute Gasteiger partial charge is 0.170 e. The molecule has 7 aliphatic rings. The lowest BCUT2D eigenvalue weighted by atomic mass is 9.36. The lowest BCUT2D eigenvalue weighted by Crippen LogP contribution is -2.81. The van der Waals surface area contributed by atoms with E-state index in [2.05, 4.69) is 13.5 Å². The molecule has 4 saturated carbocycles. The van der Waals surface area contributed by atoms with Gasteiger partial charge in [0.1, 0.15) is 0 Å². The normalized spacial score (nSPS) is 64.4. The zero-order chi connectivity index (χ0) is 17.4. The van der Waals surface area contributed by atoms with E-state index >= 15 is 0 Å². The minimum atomic E-state index is -0.910. The van der Waals surface area contributed by atoms with E-state index in [1.165, 1.54) is 0 Å². The summed E-state index contributed by atoms with van der Waals surface area (Å²) in [6.45, 7) is 6.95. The van der Waals surface area contributed by atoms with Crippen LogP contribution in [-0.2, 0) is 14.3 Å². The Bertz CT molecular complexity index is 700. The maximum Gasteiger partial charge on any atom is 0.170 e. The van der Waals surface area contributed by atoms with E-state index in [1.54, 1.807) is 0 Å². The molecule has 0 aromatic carbocycles. The maximum atomic E-state index is 13.3. The predicted octanol–water partition coefficient (Wildman–Crippen LogP) is 1.42. The third-order valence-corrected chi connectivity index (χ3v) is 9.20. The van der Waals surface area contributed by atoms with E-state index in [4.69, 9.17) is 9.47 Å². The van der Waals surface area contributed by atoms with Crippen LogP contribution in [0.25, 0.3) is 0 Å². The summed E-state index contributed by atoms with van der Waals surface area (Å²) < 4.78 is 12.5. The van der Waals surface area contributed by atoms with E-state index < -0.39 is 29.3 Å². The highest BCUT2D eigenvalue weighted by Gasteiger charge is 2.83. The molecule has 7 fully saturated rings. The van der Waals surface area contributed by atoms with Gasteiger partial charge in [-0.1, -0.05) is 13.5 Å². The minimum Gasteiger partial charge on any atom is -0.392 e. The molecular formula is C20H26O5. The van der Waals surface area contributed by atoms with E-state index in [1.807, 2.05) is 0 Å². The van der Waals surface area contributed by atoms with Crippen LogP contribution in [0.3, 0.4) is 0 Å². The van der Waals surface area contributed by atoms with Gasteiger partial charge in [-0.15, -0.1) is 0 Å².